The minimum Gasteiger partial charge on any atom is -0.435 e. The first kappa shape index (κ1) is 11.0. The molecule has 0 aliphatic heterocycles. The zero-order chi connectivity index (χ0) is 11.5. The molecule has 2 aromatic rings. The number of halogens is 3. The van der Waals surface area contributed by atoms with Crippen molar-refractivity contribution in [2.45, 2.75) is 0 Å². The molecule has 0 amide bonds. The molecular formula is C11H6BrF2NO. The Hall–Kier alpha value is -1.49. The molecule has 2 rings (SSSR count). The van der Waals surface area contributed by atoms with Gasteiger partial charge in [-0.15, -0.1) is 0 Å². The van der Waals surface area contributed by atoms with Gasteiger partial charge in [0.15, 0.2) is 5.82 Å². The number of pyridine rings is 1. The summed E-state index contributed by atoms with van der Waals surface area (Å²) >= 11 is 3.11. The predicted octanol–water partition coefficient (Wildman–Crippen LogP) is 3.91. The van der Waals surface area contributed by atoms with Crippen molar-refractivity contribution in [3.63, 3.8) is 0 Å². The molecule has 0 spiro atoms. The molecule has 0 saturated carbocycles. The zero-order valence-electron chi connectivity index (χ0n) is 7.95. The van der Waals surface area contributed by atoms with E-state index in [-0.39, 0.29) is 5.88 Å². The maximum Gasteiger partial charge on any atom is 0.255 e. The second-order valence-electron chi connectivity index (χ2n) is 2.97. The molecule has 0 aliphatic rings. The maximum atomic E-state index is 13.2. The first-order valence-electron chi connectivity index (χ1n) is 4.40. The Labute approximate surface area is 99.0 Å². The fourth-order valence-corrected chi connectivity index (χ4v) is 1.54. The van der Waals surface area contributed by atoms with Crippen molar-refractivity contribution in [3.8, 4) is 11.6 Å². The average molecular weight is 286 g/mol. The first-order chi connectivity index (χ1) is 7.66. The van der Waals surface area contributed by atoms with E-state index in [1.165, 1.54) is 36.5 Å². The molecule has 0 radical (unpaired) electrons. The topological polar surface area (TPSA) is 22.1 Å². The zero-order valence-corrected chi connectivity index (χ0v) is 9.54. The summed E-state index contributed by atoms with van der Waals surface area (Å²) in [5, 5.41) is 0. The second kappa shape index (κ2) is 4.57. The maximum absolute atomic E-state index is 13.2. The Balaban J connectivity index is 2.31. The average Bonchev–Trinajstić information content (AvgIpc) is 2.25. The highest BCUT2D eigenvalue weighted by atomic mass is 79.9. The summed E-state index contributed by atoms with van der Waals surface area (Å²) in [5.41, 5.74) is 0. The summed E-state index contributed by atoms with van der Waals surface area (Å²) in [5.74, 6) is -0.812. The van der Waals surface area contributed by atoms with Crippen LogP contribution in [0, 0.1) is 11.6 Å². The fourth-order valence-electron chi connectivity index (χ4n) is 1.11. The van der Waals surface area contributed by atoms with E-state index in [9.17, 15) is 8.78 Å². The Morgan fingerprint density at radius 2 is 2.00 bits per heavy atom. The van der Waals surface area contributed by atoms with E-state index in [0.717, 1.165) is 0 Å². The Bertz CT molecular complexity index is 519. The summed E-state index contributed by atoms with van der Waals surface area (Å²) in [7, 11) is 0. The van der Waals surface area contributed by atoms with Gasteiger partial charge in [-0.1, -0.05) is 0 Å². The van der Waals surface area contributed by atoms with Crippen molar-refractivity contribution in [1.29, 1.82) is 0 Å². The lowest BCUT2D eigenvalue weighted by atomic mass is 10.3. The third kappa shape index (κ3) is 2.36. The molecular weight excluding hydrogens is 280 g/mol. The van der Waals surface area contributed by atoms with E-state index in [2.05, 4.69) is 20.9 Å². The van der Waals surface area contributed by atoms with Crippen molar-refractivity contribution in [1.82, 2.24) is 4.98 Å². The number of nitrogens with zero attached hydrogens (tertiary/aromatic N) is 1. The van der Waals surface area contributed by atoms with Gasteiger partial charge in [0, 0.05) is 6.20 Å². The molecule has 0 N–H and O–H groups in total. The predicted molar refractivity (Wildman–Crippen MR) is 58.4 cm³/mol. The number of hydrogen-bond donors (Lipinski definition) is 0. The Morgan fingerprint density at radius 3 is 2.69 bits per heavy atom. The first-order valence-corrected chi connectivity index (χ1v) is 5.19. The van der Waals surface area contributed by atoms with Crippen LogP contribution in [0.15, 0.2) is 41.0 Å². The van der Waals surface area contributed by atoms with E-state index in [1.807, 2.05) is 0 Å². The molecule has 0 aliphatic carbocycles. The smallest absolute Gasteiger partial charge is 0.255 e. The summed E-state index contributed by atoms with van der Waals surface area (Å²) in [6, 6.07) is 6.55. The normalized spacial score (nSPS) is 10.2. The lowest BCUT2D eigenvalue weighted by Gasteiger charge is -2.06. The molecule has 0 fully saturated rings. The molecule has 1 heterocycles. The summed E-state index contributed by atoms with van der Waals surface area (Å²) in [6.45, 7) is 0. The monoisotopic (exact) mass is 285 g/mol. The van der Waals surface area contributed by atoms with Crippen molar-refractivity contribution in [2.24, 2.45) is 0 Å². The van der Waals surface area contributed by atoms with Crippen LogP contribution in [0.5, 0.6) is 11.6 Å². The van der Waals surface area contributed by atoms with Gasteiger partial charge in [0.05, 0.1) is 4.47 Å². The van der Waals surface area contributed by atoms with E-state index < -0.39 is 11.6 Å². The van der Waals surface area contributed by atoms with Gasteiger partial charge in [-0.3, -0.25) is 0 Å². The van der Waals surface area contributed by atoms with Gasteiger partial charge in [-0.05, 0) is 46.3 Å². The van der Waals surface area contributed by atoms with Gasteiger partial charge in [-0.25, -0.2) is 13.8 Å². The van der Waals surface area contributed by atoms with E-state index in [4.69, 9.17) is 4.74 Å². The SMILES string of the molecule is Fc1ccc(Oc2ncccc2F)c(Br)c1. The van der Waals surface area contributed by atoms with Crippen LogP contribution in [0.25, 0.3) is 0 Å². The molecule has 82 valence electrons. The third-order valence-corrected chi connectivity index (χ3v) is 2.44. The minimum absolute atomic E-state index is 0.144. The van der Waals surface area contributed by atoms with Crippen molar-refractivity contribution < 1.29 is 13.5 Å². The molecule has 0 saturated heterocycles. The molecule has 2 nitrogen and oxygen atoms in total. The summed E-state index contributed by atoms with van der Waals surface area (Å²) in [6.07, 6.45) is 1.41. The van der Waals surface area contributed by atoms with Gasteiger partial charge in [0.2, 0.25) is 0 Å². The third-order valence-electron chi connectivity index (χ3n) is 1.83. The van der Waals surface area contributed by atoms with Crippen LogP contribution in [0.4, 0.5) is 8.78 Å². The highest BCUT2D eigenvalue weighted by Gasteiger charge is 2.08. The van der Waals surface area contributed by atoms with Crippen LogP contribution in [0.2, 0.25) is 0 Å². The molecule has 0 unspecified atom stereocenters. The number of benzene rings is 1. The number of rotatable bonds is 2. The lowest BCUT2D eigenvalue weighted by molar-refractivity contribution is 0.419. The lowest BCUT2D eigenvalue weighted by Crippen LogP contribution is -1.92. The van der Waals surface area contributed by atoms with E-state index in [0.29, 0.717) is 10.2 Å². The van der Waals surface area contributed by atoms with E-state index >= 15 is 0 Å². The standard InChI is InChI=1S/C11H6BrF2NO/c12-8-6-7(13)3-4-10(8)16-11-9(14)2-1-5-15-11/h1-6H. The van der Waals surface area contributed by atoms with Gasteiger partial charge >= 0.3 is 0 Å². The molecule has 1 aromatic carbocycles. The van der Waals surface area contributed by atoms with Crippen LogP contribution in [-0.2, 0) is 0 Å². The van der Waals surface area contributed by atoms with Crippen LogP contribution in [0.1, 0.15) is 0 Å². The molecule has 5 heteroatoms. The van der Waals surface area contributed by atoms with Crippen LogP contribution in [-0.4, -0.2) is 4.98 Å². The molecule has 0 atom stereocenters. The van der Waals surface area contributed by atoms with Crippen LogP contribution < -0.4 is 4.74 Å². The fraction of sp³-hybridized carbons (Fsp3) is 0. The van der Waals surface area contributed by atoms with Crippen molar-refractivity contribution in [3.05, 3.63) is 52.6 Å². The van der Waals surface area contributed by atoms with Crippen molar-refractivity contribution in [2.75, 3.05) is 0 Å². The molecule has 16 heavy (non-hydrogen) atoms. The van der Waals surface area contributed by atoms with Crippen LogP contribution >= 0.6 is 15.9 Å². The Kier molecular flexibility index (Phi) is 3.14. The van der Waals surface area contributed by atoms with Gasteiger partial charge in [0.25, 0.3) is 5.88 Å². The largest absolute Gasteiger partial charge is 0.435 e. The second-order valence-corrected chi connectivity index (χ2v) is 3.82. The van der Waals surface area contributed by atoms with Crippen LogP contribution in [0.3, 0.4) is 0 Å². The van der Waals surface area contributed by atoms with Gasteiger partial charge in [-0.2, -0.15) is 0 Å². The van der Waals surface area contributed by atoms with Gasteiger partial charge < -0.3 is 4.74 Å². The molecule has 0 bridgehead atoms. The number of aromatic nitrogens is 1. The van der Waals surface area contributed by atoms with E-state index in [1.54, 1.807) is 0 Å². The summed E-state index contributed by atoms with van der Waals surface area (Å²) < 4.78 is 31.6. The van der Waals surface area contributed by atoms with Gasteiger partial charge in [0.1, 0.15) is 11.6 Å². The highest BCUT2D eigenvalue weighted by molar-refractivity contribution is 9.10. The highest BCUT2D eigenvalue weighted by Crippen LogP contribution is 2.30. The summed E-state index contributed by atoms with van der Waals surface area (Å²) in [4.78, 5) is 3.73. The number of hydrogen-bond acceptors (Lipinski definition) is 2. The minimum atomic E-state index is -0.571. The Morgan fingerprint density at radius 1 is 1.19 bits per heavy atom. The number of ether oxygens (including phenoxy) is 1. The quantitative estimate of drug-likeness (QED) is 0.835. The molecule has 1 aromatic heterocycles. The van der Waals surface area contributed by atoms with Crippen molar-refractivity contribution >= 4 is 15.9 Å².